The highest BCUT2D eigenvalue weighted by atomic mass is 32.1. The molecule has 1 aromatic carbocycles. The summed E-state index contributed by atoms with van der Waals surface area (Å²) in [7, 11) is 0. The van der Waals surface area contributed by atoms with Crippen LogP contribution in [0.15, 0.2) is 24.3 Å². The van der Waals surface area contributed by atoms with Gasteiger partial charge in [0.1, 0.15) is 10.8 Å². The molecule has 2 aromatic rings. The van der Waals surface area contributed by atoms with Crippen molar-refractivity contribution in [2.24, 2.45) is 0 Å². The van der Waals surface area contributed by atoms with Crippen molar-refractivity contribution in [1.29, 1.82) is 0 Å². The number of hydrogen-bond acceptors (Lipinski definition) is 3. The molecule has 0 saturated heterocycles. The van der Waals surface area contributed by atoms with E-state index in [4.69, 9.17) is 0 Å². The highest BCUT2D eigenvalue weighted by Gasteiger charge is 2.09. The smallest absolute Gasteiger partial charge is 0.123 e. The zero-order valence-electron chi connectivity index (χ0n) is 10.7. The van der Waals surface area contributed by atoms with E-state index in [1.165, 1.54) is 17.0 Å². The normalized spacial score (nSPS) is 10.8. The first-order valence-electron chi connectivity index (χ1n) is 6.13. The van der Waals surface area contributed by atoms with Gasteiger partial charge in [-0.3, -0.25) is 0 Å². The number of aromatic nitrogens is 1. The third-order valence-electron chi connectivity index (χ3n) is 2.66. The molecule has 1 heterocycles. The zero-order chi connectivity index (χ0) is 13.0. The topological polar surface area (TPSA) is 24.9 Å². The second kappa shape index (κ2) is 6.07. The molecule has 0 saturated carbocycles. The van der Waals surface area contributed by atoms with Crippen LogP contribution >= 0.6 is 11.3 Å². The number of halogens is 1. The minimum atomic E-state index is -0.212. The van der Waals surface area contributed by atoms with Crippen LogP contribution in [0.5, 0.6) is 0 Å². The van der Waals surface area contributed by atoms with E-state index in [1.54, 1.807) is 23.5 Å². The summed E-state index contributed by atoms with van der Waals surface area (Å²) >= 11 is 1.70. The van der Waals surface area contributed by atoms with E-state index in [-0.39, 0.29) is 5.82 Å². The number of aryl methyl sites for hydroxylation is 1. The number of nitrogens with zero attached hydrogens (tertiary/aromatic N) is 1. The Morgan fingerprint density at radius 3 is 2.67 bits per heavy atom. The highest BCUT2D eigenvalue weighted by molar-refractivity contribution is 7.12. The maximum absolute atomic E-state index is 12.9. The Morgan fingerprint density at radius 2 is 2.00 bits per heavy atom. The SMILES string of the molecule is CCCNCc1nc(-c2ccc(F)cc2)c(C)s1. The molecule has 0 radical (unpaired) electrons. The molecule has 4 heteroatoms. The minimum Gasteiger partial charge on any atom is -0.310 e. The molecule has 1 aromatic heterocycles. The van der Waals surface area contributed by atoms with Crippen LogP contribution in [-0.2, 0) is 6.54 Å². The van der Waals surface area contributed by atoms with E-state index < -0.39 is 0 Å². The Balaban J connectivity index is 2.16. The van der Waals surface area contributed by atoms with Gasteiger partial charge in [-0.15, -0.1) is 11.3 Å². The lowest BCUT2D eigenvalue weighted by Crippen LogP contribution is -2.13. The predicted molar refractivity (Wildman–Crippen MR) is 74.2 cm³/mol. The second-order valence-electron chi connectivity index (χ2n) is 4.20. The van der Waals surface area contributed by atoms with Gasteiger partial charge in [0.15, 0.2) is 0 Å². The van der Waals surface area contributed by atoms with Crippen LogP contribution in [0, 0.1) is 12.7 Å². The maximum Gasteiger partial charge on any atom is 0.123 e. The van der Waals surface area contributed by atoms with Crippen molar-refractivity contribution >= 4 is 11.3 Å². The number of rotatable bonds is 5. The van der Waals surface area contributed by atoms with E-state index in [2.05, 4.69) is 24.1 Å². The van der Waals surface area contributed by atoms with Gasteiger partial charge in [-0.2, -0.15) is 0 Å². The summed E-state index contributed by atoms with van der Waals surface area (Å²) in [5, 5.41) is 4.42. The van der Waals surface area contributed by atoms with Gasteiger partial charge in [-0.25, -0.2) is 9.37 Å². The third-order valence-corrected chi connectivity index (χ3v) is 3.63. The molecule has 0 aliphatic carbocycles. The van der Waals surface area contributed by atoms with E-state index in [0.29, 0.717) is 0 Å². The minimum absolute atomic E-state index is 0.212. The lowest BCUT2D eigenvalue weighted by Gasteiger charge is -1.99. The highest BCUT2D eigenvalue weighted by Crippen LogP contribution is 2.27. The Morgan fingerprint density at radius 1 is 1.28 bits per heavy atom. The largest absolute Gasteiger partial charge is 0.310 e. The molecule has 2 nitrogen and oxygen atoms in total. The van der Waals surface area contributed by atoms with Gasteiger partial charge in [0.25, 0.3) is 0 Å². The molecule has 18 heavy (non-hydrogen) atoms. The Hall–Kier alpha value is -1.26. The van der Waals surface area contributed by atoms with Crippen LogP contribution in [0.3, 0.4) is 0 Å². The number of benzene rings is 1. The summed E-state index contributed by atoms with van der Waals surface area (Å²) in [5.74, 6) is -0.212. The molecule has 0 amide bonds. The Bertz CT molecular complexity index is 505. The maximum atomic E-state index is 12.9. The first-order chi connectivity index (χ1) is 8.70. The van der Waals surface area contributed by atoms with Gasteiger partial charge in [0, 0.05) is 17.0 Å². The number of nitrogens with one attached hydrogen (secondary N) is 1. The van der Waals surface area contributed by atoms with Gasteiger partial charge in [0.05, 0.1) is 5.69 Å². The van der Waals surface area contributed by atoms with Crippen LogP contribution in [0.4, 0.5) is 4.39 Å². The fraction of sp³-hybridized carbons (Fsp3) is 0.357. The van der Waals surface area contributed by atoms with E-state index in [1.807, 2.05) is 0 Å². The van der Waals surface area contributed by atoms with E-state index in [9.17, 15) is 4.39 Å². The Labute approximate surface area is 111 Å². The number of thiazole rings is 1. The molecular formula is C14H17FN2S. The molecule has 1 N–H and O–H groups in total. The summed E-state index contributed by atoms with van der Waals surface area (Å²) < 4.78 is 12.9. The zero-order valence-corrected chi connectivity index (χ0v) is 11.5. The molecule has 0 spiro atoms. The lowest BCUT2D eigenvalue weighted by molar-refractivity contribution is 0.628. The van der Waals surface area contributed by atoms with Crippen molar-refractivity contribution in [2.45, 2.75) is 26.8 Å². The predicted octanol–water partition coefficient (Wildman–Crippen LogP) is 3.76. The van der Waals surface area contributed by atoms with Crippen molar-refractivity contribution in [3.8, 4) is 11.3 Å². The van der Waals surface area contributed by atoms with Crippen molar-refractivity contribution < 1.29 is 4.39 Å². The fourth-order valence-corrected chi connectivity index (χ4v) is 2.70. The first-order valence-corrected chi connectivity index (χ1v) is 6.95. The summed E-state index contributed by atoms with van der Waals surface area (Å²) in [6.07, 6.45) is 1.12. The molecule has 0 aliphatic heterocycles. The van der Waals surface area contributed by atoms with Crippen LogP contribution in [0.2, 0.25) is 0 Å². The Kier molecular flexibility index (Phi) is 4.44. The first kappa shape index (κ1) is 13.2. The second-order valence-corrected chi connectivity index (χ2v) is 5.48. The van der Waals surface area contributed by atoms with Gasteiger partial charge >= 0.3 is 0 Å². The standard InChI is InChI=1S/C14H17FN2S/c1-3-8-16-9-13-17-14(10(2)18-13)11-4-6-12(15)7-5-11/h4-7,16H,3,8-9H2,1-2H3. The molecule has 0 fully saturated rings. The van der Waals surface area contributed by atoms with Gasteiger partial charge in [-0.05, 0) is 44.2 Å². The van der Waals surface area contributed by atoms with Crippen LogP contribution in [0.25, 0.3) is 11.3 Å². The summed E-state index contributed by atoms with van der Waals surface area (Å²) in [6.45, 7) is 6.01. The van der Waals surface area contributed by atoms with Crippen LogP contribution in [-0.4, -0.2) is 11.5 Å². The molecule has 2 rings (SSSR count). The van der Waals surface area contributed by atoms with Crippen LogP contribution < -0.4 is 5.32 Å². The van der Waals surface area contributed by atoms with Crippen molar-refractivity contribution in [3.63, 3.8) is 0 Å². The average molecular weight is 264 g/mol. The summed E-state index contributed by atoms with van der Waals surface area (Å²) in [6, 6.07) is 6.51. The summed E-state index contributed by atoms with van der Waals surface area (Å²) in [4.78, 5) is 5.79. The van der Waals surface area contributed by atoms with Gasteiger partial charge < -0.3 is 5.32 Å². The van der Waals surface area contributed by atoms with Crippen molar-refractivity contribution in [3.05, 3.63) is 40.0 Å². The van der Waals surface area contributed by atoms with Gasteiger partial charge in [0.2, 0.25) is 0 Å². The van der Waals surface area contributed by atoms with Crippen LogP contribution in [0.1, 0.15) is 23.2 Å². The summed E-state index contributed by atoms with van der Waals surface area (Å²) in [5.41, 5.74) is 1.94. The monoisotopic (exact) mass is 264 g/mol. The third kappa shape index (κ3) is 3.15. The lowest BCUT2D eigenvalue weighted by atomic mass is 10.1. The molecule has 96 valence electrons. The molecular weight excluding hydrogens is 247 g/mol. The van der Waals surface area contributed by atoms with E-state index >= 15 is 0 Å². The van der Waals surface area contributed by atoms with Crippen molar-refractivity contribution in [1.82, 2.24) is 10.3 Å². The average Bonchev–Trinajstić information content (AvgIpc) is 2.72. The van der Waals surface area contributed by atoms with Gasteiger partial charge in [-0.1, -0.05) is 6.92 Å². The van der Waals surface area contributed by atoms with Crippen molar-refractivity contribution in [2.75, 3.05) is 6.54 Å². The molecule has 0 aliphatic rings. The molecule has 0 unspecified atom stereocenters. The number of hydrogen-bond donors (Lipinski definition) is 1. The molecule has 0 atom stereocenters. The van der Waals surface area contributed by atoms with E-state index in [0.717, 1.165) is 35.8 Å². The quantitative estimate of drug-likeness (QED) is 0.832. The molecule has 0 bridgehead atoms. The fourth-order valence-electron chi connectivity index (χ4n) is 1.77.